The van der Waals surface area contributed by atoms with Crippen molar-refractivity contribution in [3.05, 3.63) is 53.6 Å². The Morgan fingerprint density at radius 3 is 2.41 bits per heavy atom. The average molecular weight is 228 g/mol. The van der Waals surface area contributed by atoms with Gasteiger partial charge in [-0.1, -0.05) is 75.8 Å². The van der Waals surface area contributed by atoms with Gasteiger partial charge >= 0.3 is 0 Å². The molecule has 0 fully saturated rings. The van der Waals surface area contributed by atoms with Crippen LogP contribution in [0.3, 0.4) is 0 Å². The van der Waals surface area contributed by atoms with E-state index in [0.717, 1.165) is 0 Å². The number of rotatable bonds is 1. The highest BCUT2D eigenvalue weighted by Gasteiger charge is 2.22. The van der Waals surface area contributed by atoms with Crippen molar-refractivity contribution >= 4 is 6.08 Å². The van der Waals surface area contributed by atoms with Crippen molar-refractivity contribution in [1.82, 2.24) is 0 Å². The van der Waals surface area contributed by atoms with Crippen molar-refractivity contribution in [2.45, 2.75) is 40.0 Å². The van der Waals surface area contributed by atoms with Gasteiger partial charge in [-0.3, -0.25) is 0 Å². The Bertz CT molecular complexity index is 398. The topological polar surface area (TPSA) is 0 Å². The maximum atomic E-state index is 4.09. The molecule has 0 aromatic heterocycles. The van der Waals surface area contributed by atoms with Crippen LogP contribution in [0.15, 0.2) is 42.5 Å². The van der Waals surface area contributed by atoms with Gasteiger partial charge in [-0.2, -0.15) is 0 Å². The molecule has 1 aliphatic rings. The standard InChI is InChI=1S/C14H16.C3H8/c1-10(2)14-11(3)8-9-12-6-4-5-7-13(12)14;1-3-2/h4-9,11,14H,1H2,2-3H3;3H2,1-2H3. The summed E-state index contributed by atoms with van der Waals surface area (Å²) in [6, 6.07) is 8.59. The summed E-state index contributed by atoms with van der Waals surface area (Å²) in [6.45, 7) is 12.7. The fourth-order valence-corrected chi connectivity index (χ4v) is 2.31. The smallest absolute Gasteiger partial charge is 0.0109 e. The van der Waals surface area contributed by atoms with Crippen molar-refractivity contribution in [2.75, 3.05) is 0 Å². The molecule has 0 heteroatoms. The molecule has 0 amide bonds. The molecular formula is C17H24. The Morgan fingerprint density at radius 1 is 1.24 bits per heavy atom. The van der Waals surface area contributed by atoms with E-state index < -0.39 is 0 Å². The lowest BCUT2D eigenvalue weighted by atomic mass is 9.77. The lowest BCUT2D eigenvalue weighted by Gasteiger charge is -2.27. The molecule has 0 bridgehead atoms. The second kappa shape index (κ2) is 6.44. The van der Waals surface area contributed by atoms with Gasteiger partial charge in [0.15, 0.2) is 0 Å². The van der Waals surface area contributed by atoms with Gasteiger partial charge < -0.3 is 0 Å². The molecule has 0 saturated heterocycles. The Hall–Kier alpha value is -1.30. The zero-order valence-corrected chi connectivity index (χ0v) is 11.5. The molecule has 0 spiro atoms. The van der Waals surface area contributed by atoms with E-state index in [1.54, 1.807) is 0 Å². The van der Waals surface area contributed by atoms with Gasteiger partial charge in [-0.25, -0.2) is 0 Å². The first-order valence-electron chi connectivity index (χ1n) is 6.54. The van der Waals surface area contributed by atoms with E-state index in [4.69, 9.17) is 0 Å². The SMILES string of the molecule is C=C(C)C1c2ccccc2C=CC1C.CCC. The van der Waals surface area contributed by atoms with Crippen LogP contribution in [-0.2, 0) is 0 Å². The van der Waals surface area contributed by atoms with Gasteiger partial charge in [0.05, 0.1) is 0 Å². The van der Waals surface area contributed by atoms with E-state index in [0.29, 0.717) is 11.8 Å². The van der Waals surface area contributed by atoms with Crippen molar-refractivity contribution in [3.63, 3.8) is 0 Å². The molecule has 0 heterocycles. The lowest BCUT2D eigenvalue weighted by molar-refractivity contribution is 0.609. The largest absolute Gasteiger partial charge is 0.0995 e. The van der Waals surface area contributed by atoms with Gasteiger partial charge in [0.25, 0.3) is 0 Å². The van der Waals surface area contributed by atoms with Crippen LogP contribution in [0.2, 0.25) is 0 Å². The molecule has 1 aromatic rings. The molecule has 2 rings (SSSR count). The summed E-state index contributed by atoms with van der Waals surface area (Å²) in [5, 5.41) is 0. The molecule has 0 aliphatic heterocycles. The van der Waals surface area contributed by atoms with Gasteiger partial charge in [-0.15, -0.1) is 0 Å². The van der Waals surface area contributed by atoms with E-state index in [1.165, 1.54) is 23.1 Å². The third-order valence-corrected chi connectivity index (χ3v) is 2.97. The summed E-state index contributed by atoms with van der Waals surface area (Å²) in [4.78, 5) is 0. The summed E-state index contributed by atoms with van der Waals surface area (Å²) < 4.78 is 0. The van der Waals surface area contributed by atoms with Crippen LogP contribution in [-0.4, -0.2) is 0 Å². The summed E-state index contributed by atoms with van der Waals surface area (Å²) >= 11 is 0. The number of hydrogen-bond donors (Lipinski definition) is 0. The third kappa shape index (κ3) is 3.33. The van der Waals surface area contributed by atoms with Crippen LogP contribution in [0.25, 0.3) is 6.08 Å². The van der Waals surface area contributed by atoms with Crippen LogP contribution in [0.5, 0.6) is 0 Å². The van der Waals surface area contributed by atoms with E-state index in [-0.39, 0.29) is 0 Å². The van der Waals surface area contributed by atoms with E-state index in [1.807, 2.05) is 0 Å². The first-order valence-corrected chi connectivity index (χ1v) is 6.54. The molecule has 0 nitrogen and oxygen atoms in total. The summed E-state index contributed by atoms with van der Waals surface area (Å²) in [7, 11) is 0. The summed E-state index contributed by atoms with van der Waals surface area (Å²) in [5.41, 5.74) is 4.03. The molecule has 2 atom stereocenters. The van der Waals surface area contributed by atoms with Crippen LogP contribution in [0.4, 0.5) is 0 Å². The molecule has 92 valence electrons. The highest BCUT2D eigenvalue weighted by molar-refractivity contribution is 5.59. The third-order valence-electron chi connectivity index (χ3n) is 2.97. The lowest BCUT2D eigenvalue weighted by Crippen LogP contribution is -2.13. The molecule has 2 unspecified atom stereocenters. The molecule has 0 radical (unpaired) electrons. The van der Waals surface area contributed by atoms with Crippen molar-refractivity contribution in [1.29, 1.82) is 0 Å². The number of hydrogen-bond acceptors (Lipinski definition) is 0. The molecule has 17 heavy (non-hydrogen) atoms. The zero-order valence-electron chi connectivity index (χ0n) is 11.5. The van der Waals surface area contributed by atoms with Crippen molar-refractivity contribution in [3.8, 4) is 0 Å². The van der Waals surface area contributed by atoms with E-state index >= 15 is 0 Å². The van der Waals surface area contributed by atoms with Crippen LogP contribution < -0.4 is 0 Å². The molecule has 0 N–H and O–H groups in total. The number of benzene rings is 1. The van der Waals surface area contributed by atoms with Gasteiger partial charge in [0.2, 0.25) is 0 Å². The molecular weight excluding hydrogens is 204 g/mol. The quantitative estimate of drug-likeness (QED) is 0.562. The Kier molecular flexibility index (Phi) is 5.21. The van der Waals surface area contributed by atoms with Gasteiger partial charge in [0.1, 0.15) is 0 Å². The maximum absolute atomic E-state index is 4.09. The highest BCUT2D eigenvalue weighted by Crippen LogP contribution is 2.37. The second-order valence-electron chi connectivity index (χ2n) is 4.88. The van der Waals surface area contributed by atoms with E-state index in [9.17, 15) is 0 Å². The monoisotopic (exact) mass is 228 g/mol. The van der Waals surface area contributed by atoms with Crippen LogP contribution in [0.1, 0.15) is 51.2 Å². The average Bonchev–Trinajstić information content (AvgIpc) is 2.29. The maximum Gasteiger partial charge on any atom is 0.0109 e. The van der Waals surface area contributed by atoms with E-state index in [2.05, 4.69) is 70.7 Å². The van der Waals surface area contributed by atoms with Crippen LogP contribution in [0, 0.1) is 5.92 Å². The Morgan fingerprint density at radius 2 is 1.82 bits per heavy atom. The number of allylic oxidation sites excluding steroid dienone is 2. The minimum atomic E-state index is 0.496. The predicted octanol–water partition coefficient (Wildman–Crippen LogP) is 5.43. The predicted molar refractivity (Wildman–Crippen MR) is 78.2 cm³/mol. The Labute approximate surface area is 106 Å². The van der Waals surface area contributed by atoms with Crippen molar-refractivity contribution in [2.24, 2.45) is 5.92 Å². The minimum absolute atomic E-state index is 0.496. The number of fused-ring (bicyclic) bond motifs is 1. The molecule has 0 saturated carbocycles. The first kappa shape index (κ1) is 13.8. The molecule has 1 aromatic carbocycles. The fraction of sp³-hybridized carbons (Fsp3) is 0.412. The van der Waals surface area contributed by atoms with Crippen molar-refractivity contribution < 1.29 is 0 Å². The summed E-state index contributed by atoms with van der Waals surface area (Å²) in [6.07, 6.45) is 5.75. The van der Waals surface area contributed by atoms with Gasteiger partial charge in [-0.05, 0) is 24.0 Å². The first-order chi connectivity index (χ1) is 8.11. The highest BCUT2D eigenvalue weighted by atomic mass is 14.3. The second-order valence-corrected chi connectivity index (χ2v) is 4.88. The molecule has 1 aliphatic carbocycles. The Balaban J connectivity index is 0.000000437. The zero-order chi connectivity index (χ0) is 12.8. The van der Waals surface area contributed by atoms with Gasteiger partial charge in [0, 0.05) is 5.92 Å². The summed E-state index contributed by atoms with van der Waals surface area (Å²) in [5.74, 6) is 1.07. The normalized spacial score (nSPS) is 21.2. The fourth-order valence-electron chi connectivity index (χ4n) is 2.31. The van der Waals surface area contributed by atoms with Crippen LogP contribution >= 0.6 is 0 Å². The minimum Gasteiger partial charge on any atom is -0.0995 e.